The number of amides is 2. The Morgan fingerprint density at radius 2 is 1.61 bits per heavy atom. The largest absolute Gasteiger partial charge is 0.422 e. The number of hydrogen-bond donors (Lipinski definition) is 2. The van der Waals surface area contributed by atoms with Crippen LogP contribution >= 0.6 is 11.3 Å². The van der Waals surface area contributed by atoms with Crippen LogP contribution in [0.5, 0.6) is 0 Å². The number of nitriles is 1. The van der Waals surface area contributed by atoms with Gasteiger partial charge in [0.15, 0.2) is 5.78 Å². The van der Waals surface area contributed by atoms with Crippen LogP contribution in [0.1, 0.15) is 115 Å². The third kappa shape index (κ3) is 11.4. The number of hydrogen-bond acceptors (Lipinski definition) is 9. The van der Waals surface area contributed by atoms with E-state index < -0.39 is 29.4 Å². The fourth-order valence-corrected chi connectivity index (χ4v) is 7.28. The molecular formula is C40H48N4O6S. The van der Waals surface area contributed by atoms with E-state index in [-0.39, 0.29) is 47.5 Å². The maximum atomic E-state index is 13.2. The molecule has 0 saturated heterocycles. The van der Waals surface area contributed by atoms with E-state index in [0.717, 1.165) is 30.4 Å². The molecule has 11 heteroatoms. The summed E-state index contributed by atoms with van der Waals surface area (Å²) in [6, 6.07) is 13.5. The standard InChI is InChI=1S/C40H48N4O6S/c1-3-4-5-6-7-8-9-10-11-12-13-16-29(45)23-28(24-36(42)47)38(48)43-26(2)33(46)21-27-19-20-30-31(25-41)37(40(49)50-34(30)22-27)39-44-32-17-14-15-18-35(32)51-39/h14-15,17-20,22,26,28H,3-13,16,21,23-24H2,1-2H3,(H2,42,47)(H,43,48)/t26-,28+/m0/s1. The highest BCUT2D eigenvalue weighted by molar-refractivity contribution is 7.21. The quantitative estimate of drug-likeness (QED) is 0.0616. The van der Waals surface area contributed by atoms with E-state index >= 15 is 0 Å². The van der Waals surface area contributed by atoms with E-state index in [4.69, 9.17) is 10.2 Å². The van der Waals surface area contributed by atoms with E-state index in [9.17, 15) is 29.2 Å². The van der Waals surface area contributed by atoms with Gasteiger partial charge in [0.1, 0.15) is 28.0 Å². The van der Waals surface area contributed by atoms with E-state index in [1.807, 2.05) is 24.3 Å². The fourth-order valence-electron chi connectivity index (χ4n) is 6.27. The summed E-state index contributed by atoms with van der Waals surface area (Å²) in [4.78, 5) is 68.4. The first-order valence-corrected chi connectivity index (χ1v) is 18.9. The van der Waals surface area contributed by atoms with Crippen LogP contribution in [0.25, 0.3) is 31.8 Å². The lowest BCUT2D eigenvalue weighted by Gasteiger charge is -2.19. The molecule has 0 saturated carbocycles. The van der Waals surface area contributed by atoms with Crippen LogP contribution in [-0.4, -0.2) is 34.4 Å². The molecule has 270 valence electrons. The highest BCUT2D eigenvalue weighted by Gasteiger charge is 2.27. The van der Waals surface area contributed by atoms with Crippen molar-refractivity contribution in [3.63, 3.8) is 0 Å². The molecule has 0 fully saturated rings. The maximum Gasteiger partial charge on any atom is 0.348 e. The van der Waals surface area contributed by atoms with Crippen molar-refractivity contribution in [2.75, 3.05) is 0 Å². The third-order valence-electron chi connectivity index (χ3n) is 9.16. The first-order chi connectivity index (χ1) is 24.6. The van der Waals surface area contributed by atoms with Gasteiger partial charge in [-0.1, -0.05) is 89.3 Å². The van der Waals surface area contributed by atoms with Crippen LogP contribution in [0.15, 0.2) is 51.7 Å². The molecule has 4 rings (SSSR count). The Hall–Kier alpha value is -4.69. The van der Waals surface area contributed by atoms with Gasteiger partial charge in [-0.3, -0.25) is 19.2 Å². The molecule has 0 aliphatic rings. The number of nitrogens with one attached hydrogen (secondary N) is 1. The van der Waals surface area contributed by atoms with Gasteiger partial charge in [0.05, 0.1) is 27.7 Å². The maximum absolute atomic E-state index is 13.2. The van der Waals surface area contributed by atoms with Crippen molar-refractivity contribution in [2.24, 2.45) is 11.7 Å². The van der Waals surface area contributed by atoms with Gasteiger partial charge in [0.2, 0.25) is 11.8 Å². The van der Waals surface area contributed by atoms with Crippen molar-refractivity contribution in [1.82, 2.24) is 10.3 Å². The number of nitrogens with zero attached hydrogens (tertiary/aromatic N) is 2. The topological polar surface area (TPSA) is 173 Å². The molecular weight excluding hydrogens is 665 g/mol. The average Bonchev–Trinajstić information content (AvgIpc) is 3.53. The number of aromatic nitrogens is 1. The summed E-state index contributed by atoms with van der Waals surface area (Å²) in [5.41, 5.74) is 6.30. The number of carbonyl (C=O) groups is 4. The lowest BCUT2D eigenvalue weighted by Crippen LogP contribution is -2.43. The van der Waals surface area contributed by atoms with Crippen molar-refractivity contribution in [2.45, 2.75) is 116 Å². The normalized spacial score (nSPS) is 12.4. The lowest BCUT2D eigenvalue weighted by atomic mass is 9.94. The summed E-state index contributed by atoms with van der Waals surface area (Å²) in [7, 11) is 0. The molecule has 0 unspecified atom stereocenters. The minimum atomic E-state index is -0.957. The Bertz CT molecular complexity index is 1910. The summed E-state index contributed by atoms with van der Waals surface area (Å²) in [6.45, 7) is 3.75. The Morgan fingerprint density at radius 1 is 0.941 bits per heavy atom. The smallest absolute Gasteiger partial charge is 0.348 e. The van der Waals surface area contributed by atoms with Gasteiger partial charge in [-0.15, -0.1) is 11.3 Å². The SMILES string of the molecule is CCCCCCCCCCCCCC(=O)C[C@H](CC(N)=O)C(=O)N[C@@H](C)C(=O)Cc1ccc2c(C#N)c(-c3nc4ccccc4s3)c(=O)oc2c1. The molecule has 51 heavy (non-hydrogen) atoms. The highest BCUT2D eigenvalue weighted by Crippen LogP contribution is 2.33. The van der Waals surface area contributed by atoms with Crippen LogP contribution < -0.4 is 16.7 Å². The van der Waals surface area contributed by atoms with Crippen LogP contribution in [0.2, 0.25) is 0 Å². The second-order valence-corrected chi connectivity index (χ2v) is 14.4. The first kappa shape index (κ1) is 39.1. The average molecular weight is 713 g/mol. The van der Waals surface area contributed by atoms with E-state index in [2.05, 4.69) is 23.3 Å². The Balaban J connectivity index is 1.30. The zero-order valence-corrected chi connectivity index (χ0v) is 30.4. The van der Waals surface area contributed by atoms with Crippen LogP contribution in [0, 0.1) is 17.2 Å². The van der Waals surface area contributed by atoms with E-state index in [0.29, 0.717) is 27.9 Å². The number of benzene rings is 2. The number of nitrogens with two attached hydrogens (primary N) is 1. The summed E-state index contributed by atoms with van der Waals surface area (Å²) < 4.78 is 6.49. The molecule has 2 atom stereocenters. The third-order valence-corrected chi connectivity index (χ3v) is 10.2. The second kappa shape index (κ2) is 19.6. The van der Waals surface area contributed by atoms with Gasteiger partial charge in [0.25, 0.3) is 0 Å². The molecule has 4 aromatic rings. The van der Waals surface area contributed by atoms with Crippen molar-refractivity contribution >= 4 is 55.9 Å². The predicted octanol–water partition coefficient (Wildman–Crippen LogP) is 7.71. The first-order valence-electron chi connectivity index (χ1n) is 18.1. The van der Waals surface area contributed by atoms with Gasteiger partial charge in [-0.2, -0.15) is 5.26 Å². The van der Waals surface area contributed by atoms with Crippen LogP contribution in [0.3, 0.4) is 0 Å². The number of Topliss-reactive ketones (excluding diaryl/α,β-unsaturated/α-hetero) is 2. The molecule has 0 aliphatic heterocycles. The summed E-state index contributed by atoms with van der Waals surface area (Å²) in [5.74, 6) is -2.67. The summed E-state index contributed by atoms with van der Waals surface area (Å²) in [6.07, 6.45) is 12.7. The zero-order chi connectivity index (χ0) is 36.8. The van der Waals surface area contributed by atoms with E-state index in [1.165, 1.54) is 69.3 Å². The van der Waals surface area contributed by atoms with Crippen molar-refractivity contribution in [3.05, 3.63) is 64.0 Å². The summed E-state index contributed by atoms with van der Waals surface area (Å²) in [5, 5.41) is 13.5. The molecule has 2 heterocycles. The number of ketones is 2. The van der Waals surface area contributed by atoms with Crippen molar-refractivity contribution in [1.29, 1.82) is 5.26 Å². The van der Waals surface area contributed by atoms with Gasteiger partial charge in [0, 0.05) is 31.1 Å². The Labute approximate surface area is 302 Å². The highest BCUT2D eigenvalue weighted by atomic mass is 32.1. The number of unbranched alkanes of at least 4 members (excludes halogenated alkanes) is 10. The molecule has 2 aromatic heterocycles. The number of thiazole rings is 1. The Kier molecular flexibility index (Phi) is 15.1. The minimum absolute atomic E-state index is 0.0918. The number of para-hydroxylation sites is 1. The predicted molar refractivity (Wildman–Crippen MR) is 200 cm³/mol. The molecule has 0 spiro atoms. The number of primary amides is 1. The minimum Gasteiger partial charge on any atom is -0.422 e. The van der Waals surface area contributed by atoms with Gasteiger partial charge < -0.3 is 15.5 Å². The number of carbonyl (C=O) groups excluding carboxylic acids is 4. The molecule has 0 bridgehead atoms. The number of rotatable bonds is 22. The molecule has 0 aliphatic carbocycles. The van der Waals surface area contributed by atoms with E-state index in [1.54, 1.807) is 12.1 Å². The Morgan fingerprint density at radius 3 is 2.25 bits per heavy atom. The molecule has 0 radical (unpaired) electrons. The van der Waals surface area contributed by atoms with Crippen LogP contribution in [0.4, 0.5) is 0 Å². The van der Waals surface area contributed by atoms with Crippen molar-refractivity contribution < 1.29 is 23.6 Å². The molecule has 2 aromatic carbocycles. The second-order valence-electron chi connectivity index (χ2n) is 13.3. The summed E-state index contributed by atoms with van der Waals surface area (Å²) >= 11 is 1.29. The monoisotopic (exact) mass is 712 g/mol. The fraction of sp³-hybridized carbons (Fsp3) is 0.475. The molecule has 3 N–H and O–H groups in total. The molecule has 2 amide bonds. The lowest BCUT2D eigenvalue weighted by molar-refractivity contribution is -0.134. The molecule has 10 nitrogen and oxygen atoms in total. The van der Waals surface area contributed by atoms with Gasteiger partial charge >= 0.3 is 5.63 Å². The number of fused-ring (bicyclic) bond motifs is 2. The van der Waals surface area contributed by atoms with Gasteiger partial charge in [-0.05, 0) is 43.2 Å². The zero-order valence-electron chi connectivity index (χ0n) is 29.6. The van der Waals surface area contributed by atoms with Crippen molar-refractivity contribution in [3.8, 4) is 16.6 Å². The van der Waals surface area contributed by atoms with Crippen LogP contribution in [-0.2, 0) is 25.6 Å². The van der Waals surface area contributed by atoms with Gasteiger partial charge in [-0.25, -0.2) is 9.78 Å².